The Morgan fingerprint density at radius 1 is 1.10 bits per heavy atom. The van der Waals surface area contributed by atoms with E-state index in [1.54, 1.807) is 12.1 Å². The van der Waals surface area contributed by atoms with Gasteiger partial charge in [0.15, 0.2) is 0 Å². The van der Waals surface area contributed by atoms with Crippen LogP contribution in [0.5, 0.6) is 5.75 Å². The summed E-state index contributed by atoms with van der Waals surface area (Å²) in [7, 11) is 0. The first-order valence-electron chi connectivity index (χ1n) is 7.33. The zero-order valence-electron chi connectivity index (χ0n) is 12.6. The van der Waals surface area contributed by atoms with Gasteiger partial charge in [-0.05, 0) is 36.7 Å². The summed E-state index contributed by atoms with van der Waals surface area (Å²) in [4.78, 5) is 0. The average molecular weight is 287 g/mol. The van der Waals surface area contributed by atoms with Crippen molar-refractivity contribution in [1.29, 1.82) is 0 Å². The largest absolute Gasteiger partial charge is 0.489 e. The highest BCUT2D eigenvalue weighted by Crippen LogP contribution is 2.16. The Morgan fingerprint density at radius 3 is 2.67 bits per heavy atom. The first-order chi connectivity index (χ1) is 10.1. The van der Waals surface area contributed by atoms with Crippen LogP contribution in [0.1, 0.15) is 25.0 Å². The number of hydrogen-bond acceptors (Lipinski definition) is 2. The lowest BCUT2D eigenvalue weighted by atomic mass is 10.1. The summed E-state index contributed by atoms with van der Waals surface area (Å²) in [6.07, 6.45) is 0.953. The van der Waals surface area contributed by atoms with E-state index in [2.05, 4.69) is 25.2 Å². The Labute approximate surface area is 126 Å². The fourth-order valence-corrected chi connectivity index (χ4v) is 2.07. The van der Waals surface area contributed by atoms with E-state index in [0.29, 0.717) is 11.6 Å². The molecule has 21 heavy (non-hydrogen) atoms. The minimum atomic E-state index is -0.227. The second-order valence-electron chi connectivity index (χ2n) is 5.39. The van der Waals surface area contributed by atoms with Gasteiger partial charge in [-0.1, -0.05) is 44.2 Å². The molecule has 0 aliphatic rings. The van der Waals surface area contributed by atoms with E-state index in [9.17, 15) is 4.39 Å². The molecule has 0 saturated carbocycles. The van der Waals surface area contributed by atoms with E-state index in [1.807, 2.05) is 24.3 Å². The molecule has 0 atom stereocenters. The summed E-state index contributed by atoms with van der Waals surface area (Å²) in [6.45, 7) is 5.46. The van der Waals surface area contributed by atoms with E-state index >= 15 is 0 Å². The first kappa shape index (κ1) is 15.5. The van der Waals surface area contributed by atoms with Crippen LogP contribution in [0.25, 0.3) is 0 Å². The molecule has 0 unspecified atom stereocenters. The van der Waals surface area contributed by atoms with Gasteiger partial charge >= 0.3 is 0 Å². The van der Waals surface area contributed by atoms with Gasteiger partial charge in [-0.15, -0.1) is 0 Å². The molecule has 2 aromatic rings. The van der Waals surface area contributed by atoms with Gasteiger partial charge in [0, 0.05) is 11.6 Å². The van der Waals surface area contributed by atoms with E-state index in [0.717, 1.165) is 18.7 Å². The van der Waals surface area contributed by atoms with Gasteiger partial charge in [0.2, 0.25) is 0 Å². The molecule has 112 valence electrons. The molecular formula is C18H22FNO. The summed E-state index contributed by atoms with van der Waals surface area (Å²) in [5.41, 5.74) is 1.79. The Hall–Kier alpha value is -1.87. The van der Waals surface area contributed by atoms with E-state index in [4.69, 9.17) is 4.74 Å². The van der Waals surface area contributed by atoms with Crippen LogP contribution in [0.15, 0.2) is 48.5 Å². The fourth-order valence-electron chi connectivity index (χ4n) is 2.07. The highest BCUT2D eigenvalue weighted by Gasteiger charge is 2.03. The average Bonchev–Trinajstić information content (AvgIpc) is 2.46. The highest BCUT2D eigenvalue weighted by molar-refractivity contribution is 5.29. The van der Waals surface area contributed by atoms with Gasteiger partial charge < -0.3 is 10.1 Å². The minimum Gasteiger partial charge on any atom is -0.489 e. The molecule has 2 nitrogen and oxygen atoms in total. The van der Waals surface area contributed by atoms with Crippen LogP contribution < -0.4 is 10.1 Å². The number of hydrogen-bond donors (Lipinski definition) is 1. The van der Waals surface area contributed by atoms with E-state index in [1.165, 1.54) is 11.6 Å². The van der Waals surface area contributed by atoms with Crippen LogP contribution in [-0.4, -0.2) is 12.6 Å². The third-order valence-corrected chi connectivity index (χ3v) is 3.22. The van der Waals surface area contributed by atoms with Crippen LogP contribution in [0.4, 0.5) is 4.39 Å². The predicted octanol–water partition coefficient (Wildman–Crippen LogP) is 3.95. The molecule has 0 heterocycles. The smallest absolute Gasteiger partial charge is 0.129 e. The quantitative estimate of drug-likeness (QED) is 0.832. The van der Waals surface area contributed by atoms with Crippen LogP contribution in [0.3, 0.4) is 0 Å². The van der Waals surface area contributed by atoms with Gasteiger partial charge in [-0.2, -0.15) is 0 Å². The molecule has 3 heteroatoms. The van der Waals surface area contributed by atoms with Gasteiger partial charge in [-0.3, -0.25) is 0 Å². The highest BCUT2D eigenvalue weighted by atomic mass is 19.1. The fraction of sp³-hybridized carbons (Fsp3) is 0.333. The molecule has 0 aromatic heterocycles. The second-order valence-corrected chi connectivity index (χ2v) is 5.39. The van der Waals surface area contributed by atoms with Crippen molar-refractivity contribution in [3.05, 3.63) is 65.5 Å². The molecule has 0 aliphatic carbocycles. The van der Waals surface area contributed by atoms with Gasteiger partial charge in [0.05, 0.1) is 0 Å². The van der Waals surface area contributed by atoms with Crippen molar-refractivity contribution in [3.8, 4) is 5.75 Å². The molecule has 0 fully saturated rings. The molecule has 0 aliphatic heterocycles. The molecule has 0 saturated heterocycles. The maximum atomic E-state index is 13.5. The normalized spacial score (nSPS) is 10.9. The Bertz CT molecular complexity index is 569. The maximum Gasteiger partial charge on any atom is 0.129 e. The summed E-state index contributed by atoms with van der Waals surface area (Å²) in [6, 6.07) is 15.2. The van der Waals surface area contributed by atoms with Crippen molar-refractivity contribution in [2.75, 3.05) is 6.54 Å². The topological polar surface area (TPSA) is 21.3 Å². The Morgan fingerprint density at radius 2 is 1.90 bits per heavy atom. The number of ether oxygens (including phenoxy) is 1. The van der Waals surface area contributed by atoms with E-state index < -0.39 is 0 Å². The summed E-state index contributed by atoms with van der Waals surface area (Å²) < 4.78 is 19.2. The molecule has 2 rings (SSSR count). The molecule has 1 N–H and O–H groups in total. The van der Waals surface area contributed by atoms with Crippen LogP contribution in [0.2, 0.25) is 0 Å². The van der Waals surface area contributed by atoms with E-state index in [-0.39, 0.29) is 12.4 Å². The number of nitrogens with one attached hydrogen (secondary N) is 1. The van der Waals surface area contributed by atoms with Crippen molar-refractivity contribution >= 4 is 0 Å². The van der Waals surface area contributed by atoms with Crippen molar-refractivity contribution in [2.24, 2.45) is 0 Å². The zero-order chi connectivity index (χ0) is 15.1. The number of rotatable bonds is 7. The van der Waals surface area contributed by atoms with Gasteiger partial charge in [0.1, 0.15) is 18.2 Å². The maximum absolute atomic E-state index is 13.5. The predicted molar refractivity (Wildman–Crippen MR) is 84.0 cm³/mol. The molecule has 2 aromatic carbocycles. The number of benzene rings is 2. The molecule has 0 bridgehead atoms. The van der Waals surface area contributed by atoms with Gasteiger partial charge in [0.25, 0.3) is 0 Å². The summed E-state index contributed by atoms with van der Waals surface area (Å²) in [5, 5.41) is 3.39. The Balaban J connectivity index is 1.90. The Kier molecular flexibility index (Phi) is 5.76. The van der Waals surface area contributed by atoms with Crippen molar-refractivity contribution in [1.82, 2.24) is 5.32 Å². The monoisotopic (exact) mass is 287 g/mol. The van der Waals surface area contributed by atoms with Crippen LogP contribution >= 0.6 is 0 Å². The zero-order valence-corrected chi connectivity index (χ0v) is 12.6. The third-order valence-electron chi connectivity index (χ3n) is 3.22. The van der Waals surface area contributed by atoms with Crippen molar-refractivity contribution in [2.45, 2.75) is 32.9 Å². The van der Waals surface area contributed by atoms with Crippen LogP contribution in [-0.2, 0) is 13.0 Å². The standard InChI is InChI=1S/C18H22FNO/c1-14(2)20-11-10-15-6-5-8-17(12-15)21-13-16-7-3-4-9-18(16)19/h3-9,12,14,20H,10-11,13H2,1-2H3. The lowest BCUT2D eigenvalue weighted by Crippen LogP contribution is -2.24. The van der Waals surface area contributed by atoms with Crippen molar-refractivity contribution in [3.63, 3.8) is 0 Å². The van der Waals surface area contributed by atoms with Crippen molar-refractivity contribution < 1.29 is 9.13 Å². The first-order valence-corrected chi connectivity index (χ1v) is 7.33. The van der Waals surface area contributed by atoms with Crippen LogP contribution in [0, 0.1) is 5.82 Å². The lowest BCUT2D eigenvalue weighted by Gasteiger charge is -2.10. The second kappa shape index (κ2) is 7.79. The third kappa shape index (κ3) is 5.20. The minimum absolute atomic E-state index is 0.227. The van der Waals surface area contributed by atoms with Gasteiger partial charge in [-0.25, -0.2) is 4.39 Å². The molecule has 0 spiro atoms. The SMILES string of the molecule is CC(C)NCCc1cccc(OCc2ccccc2F)c1. The summed E-state index contributed by atoms with van der Waals surface area (Å²) >= 11 is 0. The summed E-state index contributed by atoms with van der Waals surface area (Å²) in [5.74, 6) is 0.551. The molecule has 0 amide bonds. The molecule has 0 radical (unpaired) electrons. The lowest BCUT2D eigenvalue weighted by molar-refractivity contribution is 0.299. The number of halogens is 1. The molecular weight excluding hydrogens is 265 g/mol.